The van der Waals surface area contributed by atoms with Crippen LogP contribution in [-0.4, -0.2) is 37.6 Å². The highest BCUT2D eigenvalue weighted by molar-refractivity contribution is 4.78. The lowest BCUT2D eigenvalue weighted by molar-refractivity contribution is 0.131. The Hall–Kier alpha value is -0.0800. The maximum absolute atomic E-state index is 3.30. The first kappa shape index (κ1) is 11.0. The fraction of sp³-hybridized carbons (Fsp3) is 1.00. The van der Waals surface area contributed by atoms with Crippen LogP contribution in [-0.2, 0) is 0 Å². The number of piperidine rings is 1. The van der Waals surface area contributed by atoms with Gasteiger partial charge in [0.25, 0.3) is 0 Å². The van der Waals surface area contributed by atoms with Crippen LogP contribution in [0.15, 0.2) is 0 Å². The smallest absolute Gasteiger partial charge is 0.0220 e. The predicted octanol–water partition coefficient (Wildman–Crippen LogP) is 1.72. The summed E-state index contributed by atoms with van der Waals surface area (Å²) in [6, 6.07) is 0.793. The third-order valence-corrected chi connectivity index (χ3v) is 2.79. The van der Waals surface area contributed by atoms with Gasteiger partial charge in [0.15, 0.2) is 0 Å². The average Bonchev–Trinajstić information content (AvgIpc) is 2.08. The number of rotatable bonds is 4. The van der Waals surface area contributed by atoms with Crippen molar-refractivity contribution in [1.82, 2.24) is 10.2 Å². The standard InChI is InChI=1S/C11H24N2/c1-10(2)9-13-7-5-4-6-11(13)8-12-3/h10-12H,4-9H2,1-3H3. The van der Waals surface area contributed by atoms with E-state index in [1.165, 1.54) is 32.4 Å². The van der Waals surface area contributed by atoms with Crippen molar-refractivity contribution in [3.05, 3.63) is 0 Å². The quantitative estimate of drug-likeness (QED) is 0.715. The van der Waals surface area contributed by atoms with E-state index in [1.807, 2.05) is 0 Å². The maximum Gasteiger partial charge on any atom is 0.0220 e. The molecule has 1 saturated heterocycles. The number of likely N-dealkylation sites (N-methyl/N-ethyl adjacent to an activating group) is 1. The molecule has 1 unspecified atom stereocenters. The molecule has 2 heteroatoms. The minimum atomic E-state index is 0.793. The first-order valence-corrected chi connectivity index (χ1v) is 5.62. The van der Waals surface area contributed by atoms with Gasteiger partial charge < -0.3 is 5.32 Å². The second kappa shape index (κ2) is 5.61. The molecule has 0 saturated carbocycles. The van der Waals surface area contributed by atoms with Crippen LogP contribution in [0.25, 0.3) is 0 Å². The SMILES string of the molecule is CNCC1CCCCN1CC(C)C. The molecule has 0 spiro atoms. The Labute approximate surface area is 82.7 Å². The van der Waals surface area contributed by atoms with Crippen LogP contribution in [0.3, 0.4) is 0 Å². The summed E-state index contributed by atoms with van der Waals surface area (Å²) in [6.45, 7) is 8.36. The van der Waals surface area contributed by atoms with E-state index in [-0.39, 0.29) is 0 Å². The van der Waals surface area contributed by atoms with E-state index in [0.717, 1.165) is 18.5 Å². The predicted molar refractivity (Wildman–Crippen MR) is 58.0 cm³/mol. The zero-order valence-corrected chi connectivity index (χ0v) is 9.34. The van der Waals surface area contributed by atoms with Gasteiger partial charge in [0.2, 0.25) is 0 Å². The maximum atomic E-state index is 3.30. The van der Waals surface area contributed by atoms with Crippen LogP contribution >= 0.6 is 0 Å². The van der Waals surface area contributed by atoms with Gasteiger partial charge in [-0.15, -0.1) is 0 Å². The molecule has 1 rings (SSSR count). The molecule has 1 aliphatic heterocycles. The van der Waals surface area contributed by atoms with Crippen LogP contribution in [0.2, 0.25) is 0 Å². The summed E-state index contributed by atoms with van der Waals surface area (Å²) in [5, 5.41) is 3.30. The second-order valence-corrected chi connectivity index (χ2v) is 4.60. The highest BCUT2D eigenvalue weighted by Crippen LogP contribution is 2.17. The third kappa shape index (κ3) is 3.65. The molecule has 2 nitrogen and oxygen atoms in total. The van der Waals surface area contributed by atoms with E-state index in [9.17, 15) is 0 Å². The van der Waals surface area contributed by atoms with Gasteiger partial charge in [-0.2, -0.15) is 0 Å². The van der Waals surface area contributed by atoms with Crippen LogP contribution in [0.5, 0.6) is 0 Å². The summed E-state index contributed by atoms with van der Waals surface area (Å²) in [6.07, 6.45) is 4.20. The van der Waals surface area contributed by atoms with Crippen molar-refractivity contribution in [2.24, 2.45) is 5.92 Å². The Bertz CT molecular complexity index is 132. The van der Waals surface area contributed by atoms with E-state index in [1.54, 1.807) is 0 Å². The Balaban J connectivity index is 2.36. The van der Waals surface area contributed by atoms with Gasteiger partial charge in [-0.3, -0.25) is 4.90 Å². The minimum Gasteiger partial charge on any atom is -0.318 e. The summed E-state index contributed by atoms with van der Waals surface area (Å²) in [4.78, 5) is 2.66. The first-order chi connectivity index (χ1) is 6.24. The van der Waals surface area contributed by atoms with Crippen molar-refractivity contribution in [3.8, 4) is 0 Å². The summed E-state index contributed by atoms with van der Waals surface area (Å²) >= 11 is 0. The molecule has 13 heavy (non-hydrogen) atoms. The lowest BCUT2D eigenvalue weighted by Gasteiger charge is -2.36. The van der Waals surface area contributed by atoms with Crippen LogP contribution < -0.4 is 5.32 Å². The number of nitrogens with zero attached hydrogens (tertiary/aromatic N) is 1. The van der Waals surface area contributed by atoms with Crippen molar-refractivity contribution in [3.63, 3.8) is 0 Å². The van der Waals surface area contributed by atoms with Gasteiger partial charge >= 0.3 is 0 Å². The molecule has 0 aromatic rings. The first-order valence-electron chi connectivity index (χ1n) is 5.62. The van der Waals surface area contributed by atoms with E-state index in [0.29, 0.717) is 0 Å². The third-order valence-electron chi connectivity index (χ3n) is 2.79. The molecule has 0 aliphatic carbocycles. The fourth-order valence-electron chi connectivity index (χ4n) is 2.24. The molecule has 0 bridgehead atoms. The number of nitrogens with one attached hydrogen (secondary N) is 1. The Kier molecular flexibility index (Phi) is 4.74. The number of hydrogen-bond donors (Lipinski definition) is 1. The molecular weight excluding hydrogens is 160 g/mol. The minimum absolute atomic E-state index is 0.793. The second-order valence-electron chi connectivity index (χ2n) is 4.60. The Morgan fingerprint density at radius 2 is 2.15 bits per heavy atom. The summed E-state index contributed by atoms with van der Waals surface area (Å²) in [5.74, 6) is 0.803. The fourth-order valence-corrected chi connectivity index (χ4v) is 2.24. The van der Waals surface area contributed by atoms with E-state index < -0.39 is 0 Å². The van der Waals surface area contributed by atoms with Gasteiger partial charge in [-0.05, 0) is 32.4 Å². The van der Waals surface area contributed by atoms with Gasteiger partial charge in [0.1, 0.15) is 0 Å². The molecular formula is C11H24N2. The normalized spacial score (nSPS) is 25.4. The Morgan fingerprint density at radius 1 is 1.38 bits per heavy atom. The molecule has 0 amide bonds. The van der Waals surface area contributed by atoms with E-state index in [4.69, 9.17) is 0 Å². The lowest BCUT2D eigenvalue weighted by Crippen LogP contribution is -2.46. The van der Waals surface area contributed by atoms with Crippen molar-refractivity contribution < 1.29 is 0 Å². The molecule has 1 heterocycles. The highest BCUT2D eigenvalue weighted by Gasteiger charge is 2.21. The molecule has 1 fully saturated rings. The van der Waals surface area contributed by atoms with Gasteiger partial charge in [-0.25, -0.2) is 0 Å². The summed E-state index contributed by atoms with van der Waals surface area (Å²) < 4.78 is 0. The topological polar surface area (TPSA) is 15.3 Å². The molecule has 1 N–H and O–H groups in total. The largest absolute Gasteiger partial charge is 0.318 e. The monoisotopic (exact) mass is 184 g/mol. The summed E-state index contributed by atoms with van der Waals surface area (Å²) in [7, 11) is 2.06. The van der Waals surface area contributed by atoms with Crippen molar-refractivity contribution >= 4 is 0 Å². The number of likely N-dealkylation sites (tertiary alicyclic amines) is 1. The molecule has 1 aliphatic rings. The van der Waals surface area contributed by atoms with Crippen LogP contribution in [0.1, 0.15) is 33.1 Å². The Morgan fingerprint density at radius 3 is 2.77 bits per heavy atom. The zero-order chi connectivity index (χ0) is 9.68. The van der Waals surface area contributed by atoms with Crippen molar-refractivity contribution in [2.45, 2.75) is 39.2 Å². The van der Waals surface area contributed by atoms with Crippen LogP contribution in [0, 0.1) is 5.92 Å². The van der Waals surface area contributed by atoms with Crippen molar-refractivity contribution in [1.29, 1.82) is 0 Å². The van der Waals surface area contributed by atoms with Gasteiger partial charge in [0, 0.05) is 19.1 Å². The van der Waals surface area contributed by atoms with Gasteiger partial charge in [-0.1, -0.05) is 20.3 Å². The summed E-state index contributed by atoms with van der Waals surface area (Å²) in [5.41, 5.74) is 0. The molecule has 1 atom stereocenters. The zero-order valence-electron chi connectivity index (χ0n) is 9.34. The molecule has 0 aromatic heterocycles. The molecule has 78 valence electrons. The number of hydrogen-bond acceptors (Lipinski definition) is 2. The van der Waals surface area contributed by atoms with E-state index >= 15 is 0 Å². The molecule has 0 radical (unpaired) electrons. The average molecular weight is 184 g/mol. The van der Waals surface area contributed by atoms with Crippen LogP contribution in [0.4, 0.5) is 0 Å². The van der Waals surface area contributed by atoms with E-state index in [2.05, 4.69) is 31.1 Å². The lowest BCUT2D eigenvalue weighted by atomic mass is 10.0. The van der Waals surface area contributed by atoms with Gasteiger partial charge in [0.05, 0.1) is 0 Å². The molecule has 0 aromatic carbocycles. The highest BCUT2D eigenvalue weighted by atomic mass is 15.2. The van der Waals surface area contributed by atoms with Crippen molar-refractivity contribution in [2.75, 3.05) is 26.7 Å².